The molecule has 0 saturated carbocycles. The van der Waals surface area contributed by atoms with Gasteiger partial charge in [-0.05, 0) is 11.8 Å². The van der Waals surface area contributed by atoms with Crippen LogP contribution in [0.15, 0.2) is 12.4 Å². The topological polar surface area (TPSA) is 72.9 Å². The molecule has 90 valence electrons. The van der Waals surface area contributed by atoms with Gasteiger partial charge >= 0.3 is 0 Å². The SMILES string of the molecule is CC(C)(C)CCNc1cnn(CC(N)=O)c1. The molecule has 5 nitrogen and oxygen atoms in total. The number of nitrogens with zero attached hydrogens (tertiary/aromatic N) is 2. The second kappa shape index (κ2) is 5.01. The van der Waals surface area contributed by atoms with Crippen LogP contribution < -0.4 is 11.1 Å². The number of amides is 1. The van der Waals surface area contributed by atoms with Crippen molar-refractivity contribution in [1.82, 2.24) is 9.78 Å². The van der Waals surface area contributed by atoms with Gasteiger partial charge in [-0.15, -0.1) is 0 Å². The number of anilines is 1. The van der Waals surface area contributed by atoms with Crippen LogP contribution in [0.2, 0.25) is 0 Å². The first-order chi connectivity index (χ1) is 7.37. The van der Waals surface area contributed by atoms with Gasteiger partial charge in [-0.2, -0.15) is 5.10 Å². The monoisotopic (exact) mass is 224 g/mol. The van der Waals surface area contributed by atoms with Crippen LogP contribution in [0.4, 0.5) is 5.69 Å². The number of nitrogens with two attached hydrogens (primary N) is 1. The molecular weight excluding hydrogens is 204 g/mol. The minimum absolute atomic E-state index is 0.126. The van der Waals surface area contributed by atoms with E-state index in [1.807, 2.05) is 0 Å². The Balaban J connectivity index is 2.38. The molecular formula is C11H20N4O. The molecule has 1 heterocycles. The molecule has 1 amide bonds. The molecule has 1 rings (SSSR count). The van der Waals surface area contributed by atoms with Crippen LogP contribution in [-0.2, 0) is 11.3 Å². The van der Waals surface area contributed by atoms with Crippen LogP contribution >= 0.6 is 0 Å². The molecule has 0 atom stereocenters. The fraction of sp³-hybridized carbons (Fsp3) is 0.636. The molecule has 3 N–H and O–H groups in total. The smallest absolute Gasteiger partial charge is 0.239 e. The predicted octanol–water partition coefficient (Wildman–Crippen LogP) is 1.22. The van der Waals surface area contributed by atoms with Crippen molar-refractivity contribution in [2.45, 2.75) is 33.7 Å². The van der Waals surface area contributed by atoms with Gasteiger partial charge in [0.2, 0.25) is 5.91 Å². The Morgan fingerprint density at radius 3 is 2.81 bits per heavy atom. The number of carbonyl (C=O) groups is 1. The molecule has 0 aliphatic rings. The summed E-state index contributed by atoms with van der Waals surface area (Å²) in [6.07, 6.45) is 4.56. The zero-order valence-corrected chi connectivity index (χ0v) is 10.2. The molecule has 0 aromatic carbocycles. The van der Waals surface area contributed by atoms with Crippen molar-refractivity contribution in [3.05, 3.63) is 12.4 Å². The van der Waals surface area contributed by atoms with Gasteiger partial charge in [0.1, 0.15) is 6.54 Å². The van der Waals surface area contributed by atoms with Crippen LogP contribution in [0.1, 0.15) is 27.2 Å². The van der Waals surface area contributed by atoms with E-state index in [1.165, 1.54) is 4.68 Å². The lowest BCUT2D eigenvalue weighted by molar-refractivity contribution is -0.118. The standard InChI is InChI=1S/C11H20N4O/c1-11(2,3)4-5-13-9-6-14-15(7-9)8-10(12)16/h6-7,13H,4-5,8H2,1-3H3,(H2,12,16). The van der Waals surface area contributed by atoms with Crippen molar-refractivity contribution in [2.24, 2.45) is 11.1 Å². The van der Waals surface area contributed by atoms with E-state index < -0.39 is 0 Å². The zero-order valence-electron chi connectivity index (χ0n) is 10.2. The van der Waals surface area contributed by atoms with Crippen molar-refractivity contribution in [2.75, 3.05) is 11.9 Å². The fourth-order valence-electron chi connectivity index (χ4n) is 1.28. The molecule has 0 radical (unpaired) electrons. The molecule has 1 aromatic heterocycles. The van der Waals surface area contributed by atoms with Crippen LogP contribution in [0, 0.1) is 5.41 Å². The number of hydrogen-bond donors (Lipinski definition) is 2. The highest BCUT2D eigenvalue weighted by molar-refractivity contribution is 5.73. The maximum absolute atomic E-state index is 10.7. The van der Waals surface area contributed by atoms with Gasteiger partial charge in [0.25, 0.3) is 0 Å². The molecule has 0 aliphatic carbocycles. The lowest BCUT2D eigenvalue weighted by Crippen LogP contribution is -2.18. The third-order valence-electron chi connectivity index (χ3n) is 2.16. The van der Waals surface area contributed by atoms with Crippen LogP contribution in [-0.4, -0.2) is 22.2 Å². The van der Waals surface area contributed by atoms with Crippen molar-refractivity contribution >= 4 is 11.6 Å². The van der Waals surface area contributed by atoms with Gasteiger partial charge in [-0.3, -0.25) is 9.48 Å². The molecule has 1 aromatic rings. The summed E-state index contributed by atoms with van der Waals surface area (Å²) in [4.78, 5) is 10.7. The average molecular weight is 224 g/mol. The van der Waals surface area contributed by atoms with Gasteiger partial charge in [0, 0.05) is 12.7 Å². The summed E-state index contributed by atoms with van der Waals surface area (Å²) >= 11 is 0. The quantitative estimate of drug-likeness (QED) is 0.789. The Kier molecular flexibility index (Phi) is 3.93. The third kappa shape index (κ3) is 4.82. The Bertz CT molecular complexity index is 351. The van der Waals surface area contributed by atoms with Gasteiger partial charge in [-0.25, -0.2) is 0 Å². The van der Waals surface area contributed by atoms with E-state index in [9.17, 15) is 4.79 Å². The Labute approximate surface area is 96.0 Å². The highest BCUT2D eigenvalue weighted by Crippen LogP contribution is 2.18. The number of rotatable bonds is 5. The molecule has 0 spiro atoms. The van der Waals surface area contributed by atoms with E-state index in [0.717, 1.165) is 18.7 Å². The fourth-order valence-corrected chi connectivity index (χ4v) is 1.28. The van der Waals surface area contributed by atoms with Gasteiger partial charge < -0.3 is 11.1 Å². The Hall–Kier alpha value is -1.52. The van der Waals surface area contributed by atoms with E-state index in [2.05, 4.69) is 31.2 Å². The molecule has 5 heteroatoms. The maximum Gasteiger partial charge on any atom is 0.239 e. The number of nitrogens with one attached hydrogen (secondary N) is 1. The van der Waals surface area contributed by atoms with Gasteiger partial charge in [0.15, 0.2) is 0 Å². The third-order valence-corrected chi connectivity index (χ3v) is 2.16. The summed E-state index contributed by atoms with van der Waals surface area (Å²) in [7, 11) is 0. The highest BCUT2D eigenvalue weighted by Gasteiger charge is 2.09. The first kappa shape index (κ1) is 12.5. The van der Waals surface area contributed by atoms with Crippen molar-refractivity contribution < 1.29 is 4.79 Å². The summed E-state index contributed by atoms with van der Waals surface area (Å²) in [5, 5.41) is 7.28. The molecule has 0 saturated heterocycles. The summed E-state index contributed by atoms with van der Waals surface area (Å²) in [6.45, 7) is 7.62. The highest BCUT2D eigenvalue weighted by atomic mass is 16.1. The van der Waals surface area contributed by atoms with Gasteiger partial charge in [-0.1, -0.05) is 20.8 Å². The van der Waals surface area contributed by atoms with Crippen LogP contribution in [0.5, 0.6) is 0 Å². The molecule has 0 aliphatic heterocycles. The number of aromatic nitrogens is 2. The normalized spacial score (nSPS) is 11.4. The van der Waals surface area contributed by atoms with Crippen LogP contribution in [0.25, 0.3) is 0 Å². The zero-order chi connectivity index (χ0) is 12.2. The Morgan fingerprint density at radius 2 is 2.25 bits per heavy atom. The summed E-state index contributed by atoms with van der Waals surface area (Å²) in [5.74, 6) is -0.385. The van der Waals surface area contributed by atoms with E-state index >= 15 is 0 Å². The van der Waals surface area contributed by atoms with E-state index in [4.69, 9.17) is 5.73 Å². The van der Waals surface area contributed by atoms with E-state index in [0.29, 0.717) is 5.41 Å². The lowest BCUT2D eigenvalue weighted by atomic mass is 9.92. The summed E-state index contributed by atoms with van der Waals surface area (Å²) in [6, 6.07) is 0. The van der Waals surface area contributed by atoms with Gasteiger partial charge in [0.05, 0.1) is 11.9 Å². The van der Waals surface area contributed by atoms with Crippen LogP contribution in [0.3, 0.4) is 0 Å². The minimum atomic E-state index is -0.385. The van der Waals surface area contributed by atoms with Crippen molar-refractivity contribution in [3.63, 3.8) is 0 Å². The number of hydrogen-bond acceptors (Lipinski definition) is 3. The lowest BCUT2D eigenvalue weighted by Gasteiger charge is -2.17. The first-order valence-electron chi connectivity index (χ1n) is 5.41. The van der Waals surface area contributed by atoms with E-state index in [-0.39, 0.29) is 12.5 Å². The summed E-state index contributed by atoms with van der Waals surface area (Å²) in [5.41, 5.74) is 6.31. The van der Waals surface area contributed by atoms with Crippen molar-refractivity contribution in [3.8, 4) is 0 Å². The average Bonchev–Trinajstić information content (AvgIpc) is 2.49. The molecule has 0 unspecified atom stereocenters. The molecule has 0 bridgehead atoms. The minimum Gasteiger partial charge on any atom is -0.382 e. The summed E-state index contributed by atoms with van der Waals surface area (Å²) < 4.78 is 1.53. The maximum atomic E-state index is 10.7. The molecule has 16 heavy (non-hydrogen) atoms. The molecule has 0 fully saturated rings. The Morgan fingerprint density at radius 1 is 1.56 bits per heavy atom. The predicted molar refractivity (Wildman–Crippen MR) is 64.0 cm³/mol. The second-order valence-electron chi connectivity index (χ2n) is 5.13. The van der Waals surface area contributed by atoms with E-state index in [1.54, 1.807) is 12.4 Å². The second-order valence-corrected chi connectivity index (χ2v) is 5.13. The first-order valence-corrected chi connectivity index (χ1v) is 5.41. The van der Waals surface area contributed by atoms with Crippen molar-refractivity contribution in [1.29, 1.82) is 0 Å². The largest absolute Gasteiger partial charge is 0.382 e. The number of primary amides is 1. The number of carbonyl (C=O) groups excluding carboxylic acids is 1.